The summed E-state index contributed by atoms with van der Waals surface area (Å²) in [6.45, 7) is 1.56. The smallest absolute Gasteiger partial charge is 0.336 e. The molecule has 4 heterocycles. The molecular weight excluding hydrogens is 858 g/mol. The van der Waals surface area contributed by atoms with Gasteiger partial charge in [0, 0.05) is 49.9 Å². The molecule has 2 saturated carbocycles. The first-order valence-electron chi connectivity index (χ1n) is 23.2. The van der Waals surface area contributed by atoms with Crippen LogP contribution < -0.4 is 0 Å². The van der Waals surface area contributed by atoms with Crippen LogP contribution in [0.15, 0.2) is 72.8 Å². The molecule has 4 aliphatic heterocycles. The van der Waals surface area contributed by atoms with E-state index < -0.39 is 0 Å². The van der Waals surface area contributed by atoms with Crippen LogP contribution in [0.1, 0.15) is 101 Å². The minimum Gasteiger partial charge on any atom is -0.462 e. The van der Waals surface area contributed by atoms with Gasteiger partial charge in [-0.2, -0.15) is 0 Å². The van der Waals surface area contributed by atoms with E-state index in [0.717, 1.165) is 96.7 Å². The van der Waals surface area contributed by atoms with Crippen molar-refractivity contribution in [3.8, 4) is 0 Å². The van der Waals surface area contributed by atoms with Gasteiger partial charge in [-0.1, -0.05) is 72.8 Å². The predicted molar refractivity (Wildman–Crippen MR) is 257 cm³/mol. The van der Waals surface area contributed by atoms with Crippen molar-refractivity contribution in [2.45, 2.75) is 152 Å². The lowest BCUT2D eigenvalue weighted by Crippen LogP contribution is -2.30. The highest BCUT2D eigenvalue weighted by Crippen LogP contribution is 2.46. The number of hydrogen-bond acceptors (Lipinski definition) is 10. The second-order valence-corrected chi connectivity index (χ2v) is 22.0. The van der Waals surface area contributed by atoms with Crippen LogP contribution in [0, 0.1) is 23.7 Å². The van der Waals surface area contributed by atoms with Crippen molar-refractivity contribution >= 4 is 61.1 Å². The summed E-state index contributed by atoms with van der Waals surface area (Å²) >= 11 is 0. The topological polar surface area (TPSA) is 108 Å². The van der Waals surface area contributed by atoms with E-state index in [4.69, 9.17) is 37.7 Å². The highest BCUT2D eigenvalue weighted by molar-refractivity contribution is 7.92. The van der Waals surface area contributed by atoms with Crippen LogP contribution in [0.4, 0.5) is 0 Å². The molecule has 2 aromatic rings. The van der Waals surface area contributed by atoms with Crippen molar-refractivity contribution in [2.24, 2.45) is 23.7 Å². The Morgan fingerprint density at radius 1 is 0.661 bits per heavy atom. The molecule has 4 saturated heterocycles. The molecule has 0 aromatic heterocycles. The predicted octanol–water partition coefficient (Wildman–Crippen LogP) is 8.54. The van der Waals surface area contributed by atoms with Crippen LogP contribution in [0.2, 0.25) is 0 Å². The Labute approximate surface area is 379 Å². The van der Waals surface area contributed by atoms with E-state index in [1.165, 1.54) is 17.5 Å². The Morgan fingerprint density at radius 3 is 1.81 bits per heavy atom. The quantitative estimate of drug-likeness (QED) is 0.0589. The van der Waals surface area contributed by atoms with Crippen LogP contribution in [-0.2, 0) is 60.2 Å². The van der Waals surface area contributed by atoms with E-state index in [9.17, 15) is 9.59 Å². The van der Waals surface area contributed by atoms with Gasteiger partial charge in [-0.15, -0.1) is 36.5 Å². The molecule has 2 aromatic carbocycles. The van der Waals surface area contributed by atoms with Gasteiger partial charge < -0.3 is 37.7 Å². The van der Waals surface area contributed by atoms with Crippen molar-refractivity contribution in [2.75, 3.05) is 13.2 Å². The Morgan fingerprint density at radius 2 is 1.21 bits per heavy atom. The summed E-state index contributed by atoms with van der Waals surface area (Å²) in [5.74, 6) is 0.785. The number of esters is 2. The van der Waals surface area contributed by atoms with E-state index in [2.05, 4.69) is 103 Å². The van der Waals surface area contributed by atoms with Gasteiger partial charge in [0.1, 0.15) is 12.2 Å². The van der Waals surface area contributed by atoms with Crippen LogP contribution in [0.5, 0.6) is 0 Å². The number of fused-ring (bicyclic) bond motifs is 2. The number of benzene rings is 2. The molecule has 0 amide bonds. The van der Waals surface area contributed by atoms with Crippen LogP contribution in [0.3, 0.4) is 0 Å². The van der Waals surface area contributed by atoms with Crippen molar-refractivity contribution in [3.05, 3.63) is 83.9 Å². The highest BCUT2D eigenvalue weighted by atomic mass is 31.1. The third-order valence-corrected chi connectivity index (χ3v) is 14.0. The summed E-state index contributed by atoms with van der Waals surface area (Å²) < 4.78 is 48.0. The molecule has 0 spiro atoms. The summed E-state index contributed by atoms with van der Waals surface area (Å²) in [5.41, 5.74) is 2.64. The van der Waals surface area contributed by atoms with E-state index in [1.54, 1.807) is 0 Å². The average molecular weight is 927 g/mol. The zero-order valence-corrected chi connectivity index (χ0v) is 40.7. The first-order valence-corrected chi connectivity index (χ1v) is 25.9. The van der Waals surface area contributed by atoms with E-state index >= 15 is 0 Å². The monoisotopic (exact) mass is 926 g/mol. The molecule has 0 radical (unpaired) electrons. The van der Waals surface area contributed by atoms with Gasteiger partial charge in [0.25, 0.3) is 0 Å². The maximum Gasteiger partial charge on any atom is 0.336 e. The minimum atomic E-state index is -0.137. The molecule has 16 atom stereocenters. The molecule has 6 unspecified atom stereocenters. The fourth-order valence-corrected chi connectivity index (χ4v) is 11.1. The molecule has 2 aliphatic carbocycles. The fraction of sp³-hybridized carbons (Fsp3) is 0.652. The normalized spacial score (nSPS) is 31.4. The second-order valence-electron chi connectivity index (χ2n) is 17.8. The number of hydrogen-bond donors (Lipinski definition) is 0. The lowest BCUT2D eigenvalue weighted by Gasteiger charge is -2.30. The summed E-state index contributed by atoms with van der Waals surface area (Å²) in [6, 6.07) is 21.1. The van der Waals surface area contributed by atoms with Gasteiger partial charge >= 0.3 is 24.6 Å². The number of ether oxygens (including phenoxy) is 6. The van der Waals surface area contributed by atoms with Crippen molar-refractivity contribution in [1.29, 1.82) is 0 Å². The van der Waals surface area contributed by atoms with Gasteiger partial charge in [-0.05, 0) is 94.1 Å². The average Bonchev–Trinajstić information content (AvgIpc) is 3.99. The zero-order valence-electron chi connectivity index (χ0n) is 36.1. The lowest BCUT2D eigenvalue weighted by atomic mass is 9.86. The summed E-state index contributed by atoms with van der Waals surface area (Å²) in [6.07, 6.45) is 19.2. The zero-order chi connectivity index (χ0) is 43.3. The first kappa shape index (κ1) is 48.7. The van der Waals surface area contributed by atoms with Crippen LogP contribution in [-0.4, -0.2) is 87.1 Å². The summed E-state index contributed by atoms with van der Waals surface area (Å²) in [5, 5.41) is 0. The molecule has 16 heteroatoms. The van der Waals surface area contributed by atoms with Crippen LogP contribution in [0.25, 0.3) is 0 Å². The van der Waals surface area contributed by atoms with E-state index in [1.807, 2.05) is 6.07 Å². The van der Waals surface area contributed by atoms with E-state index in [-0.39, 0.29) is 91.6 Å². The maximum atomic E-state index is 11.9. The molecule has 338 valence electrons. The molecule has 62 heavy (non-hydrogen) atoms. The van der Waals surface area contributed by atoms with Crippen molar-refractivity contribution < 1.29 is 47.3 Å². The SMILES string of the molecule is O=C1C[C@@H]2[C@@H](/C=C/[C@H](CCc3ccccc3)OC3CCCCO3)[C@H](OB(P)P)C[C@@H]2O1.O=C1C[C@@H]2[C@@H](CC[C@H](CCc3ccccc3)OC3CCCCO3)[C@H](OB(P)P)C[C@@H]2O1. The van der Waals surface area contributed by atoms with Gasteiger partial charge in [0.2, 0.25) is 0 Å². The Hall–Kier alpha value is -1.27. The Balaban J connectivity index is 0.000000186. The molecule has 0 N–H and O–H groups in total. The highest BCUT2D eigenvalue weighted by Gasteiger charge is 2.51. The Kier molecular flexibility index (Phi) is 19.6. The molecule has 10 nitrogen and oxygen atoms in total. The van der Waals surface area contributed by atoms with Gasteiger partial charge in [-0.25, -0.2) is 0 Å². The first-order chi connectivity index (χ1) is 30.2. The number of rotatable bonds is 19. The van der Waals surface area contributed by atoms with E-state index in [0.29, 0.717) is 18.8 Å². The molecule has 6 aliphatic rings. The van der Waals surface area contributed by atoms with Gasteiger partial charge in [0.15, 0.2) is 12.6 Å². The third-order valence-electron chi connectivity index (χ3n) is 13.3. The lowest BCUT2D eigenvalue weighted by molar-refractivity contribution is -0.191. The molecule has 6 fully saturated rings. The molecule has 8 rings (SSSR count). The third kappa shape index (κ3) is 14.9. The molecule has 0 bridgehead atoms. The maximum absolute atomic E-state index is 11.9. The van der Waals surface area contributed by atoms with Gasteiger partial charge in [0.05, 0.1) is 31.2 Å². The summed E-state index contributed by atoms with van der Waals surface area (Å²) in [4.78, 5) is 23.7. The number of carbonyl (C=O) groups excluding carboxylic acids is 2. The fourth-order valence-electron chi connectivity index (χ4n) is 10.3. The molecular formula is C46H68B2O10P4. The van der Waals surface area contributed by atoms with Crippen molar-refractivity contribution in [3.63, 3.8) is 0 Å². The number of aryl methyl sites for hydroxylation is 2. The Bertz CT molecular complexity index is 1690. The standard InChI is InChI=1S/C23H35BO5P2.C23H33BO5P2/c2*25-22-14-19-18(21(29-24(30)31)15-20(19)28-22)12-11-17(27-23-8-4-5-13-26-23)10-9-16-6-2-1-3-7-16/h1-3,6-7,17-21,23H,4-5,8-15,30-31H2;1-3,6-7,11-12,17-21,23H,4-5,8-10,13-15,30-31H2/b;12-11+/t2*17-,18+,19+,20-,21+,23?/m00/s1. The van der Waals surface area contributed by atoms with Crippen LogP contribution >= 0.6 is 36.5 Å². The van der Waals surface area contributed by atoms with Crippen molar-refractivity contribution in [1.82, 2.24) is 0 Å². The minimum absolute atomic E-state index is 0.0154. The largest absolute Gasteiger partial charge is 0.462 e. The van der Waals surface area contributed by atoms with Gasteiger partial charge in [-0.3, -0.25) is 9.59 Å². The number of carbonyl (C=O) groups is 2. The second kappa shape index (κ2) is 25.0. The summed E-state index contributed by atoms with van der Waals surface area (Å²) in [7, 11) is 10.7.